The first kappa shape index (κ1) is 47.5. The van der Waals surface area contributed by atoms with E-state index in [4.69, 9.17) is 4.74 Å². The monoisotopic (exact) mass is 984 g/mol. The molecule has 0 aliphatic heterocycles. The first-order valence-corrected chi connectivity index (χ1v) is 27.6. The van der Waals surface area contributed by atoms with Crippen molar-refractivity contribution < 1.29 is 4.74 Å². The van der Waals surface area contributed by atoms with Crippen LogP contribution in [-0.2, 0) is 23.7 Å². The Morgan fingerprint density at radius 2 is 0.987 bits per heavy atom. The maximum Gasteiger partial charge on any atom is 0.127 e. The van der Waals surface area contributed by atoms with E-state index in [1.54, 1.807) is 5.56 Å². The summed E-state index contributed by atoms with van der Waals surface area (Å²) in [6.07, 6.45) is 4.74. The molecule has 0 heterocycles. The molecular weight excluding hydrogens is 919 g/mol. The van der Waals surface area contributed by atoms with Crippen molar-refractivity contribution in [1.29, 1.82) is 0 Å². The van der Waals surface area contributed by atoms with Gasteiger partial charge in [0.2, 0.25) is 0 Å². The molecule has 2 nitrogen and oxygen atoms in total. The van der Waals surface area contributed by atoms with E-state index in [1.807, 2.05) is 0 Å². The number of anilines is 3. The fourth-order valence-electron chi connectivity index (χ4n) is 13.4. The van der Waals surface area contributed by atoms with E-state index in [0.717, 1.165) is 41.4 Å². The summed E-state index contributed by atoms with van der Waals surface area (Å²) in [5, 5.41) is 0. The summed E-state index contributed by atoms with van der Waals surface area (Å²) in [5.74, 6) is 2.66. The van der Waals surface area contributed by atoms with Gasteiger partial charge in [0.25, 0.3) is 0 Å². The molecule has 0 saturated heterocycles. The minimum atomic E-state index is -0.629. The third kappa shape index (κ3) is 8.00. The van der Waals surface area contributed by atoms with Gasteiger partial charge < -0.3 is 9.64 Å². The summed E-state index contributed by atoms with van der Waals surface area (Å²) < 4.78 is 6.69. The van der Waals surface area contributed by atoms with E-state index < -0.39 is 5.41 Å². The van der Waals surface area contributed by atoms with Crippen LogP contribution in [0.25, 0.3) is 33.4 Å². The minimum absolute atomic E-state index is 0.151. The summed E-state index contributed by atoms with van der Waals surface area (Å²) in [5.41, 5.74) is 26.3. The van der Waals surface area contributed by atoms with Gasteiger partial charge in [-0.3, -0.25) is 0 Å². The lowest BCUT2D eigenvalue weighted by atomic mass is 9.67. The highest BCUT2D eigenvalue weighted by Crippen LogP contribution is 2.58. The van der Waals surface area contributed by atoms with Gasteiger partial charge in [-0.25, -0.2) is 0 Å². The third-order valence-corrected chi connectivity index (χ3v) is 17.5. The quantitative estimate of drug-likeness (QED) is 0.114. The van der Waals surface area contributed by atoms with Crippen molar-refractivity contribution in [3.63, 3.8) is 0 Å². The molecule has 0 saturated carbocycles. The van der Waals surface area contributed by atoms with Crippen molar-refractivity contribution in [3.8, 4) is 44.9 Å². The summed E-state index contributed by atoms with van der Waals surface area (Å²) in [6, 6.07) is 84.2. The Balaban J connectivity index is 0.893. The molecule has 0 bridgehead atoms. The molecule has 0 spiro atoms. The lowest BCUT2D eigenvalue weighted by Crippen LogP contribution is -2.29. The SMILES string of the molecule is CCC(CC(C)c1ccc(Oc2ccc(C3(c4cc(C)cc(C)c4)c4ccccc4-c4ccc(N(c5ccc(-c6ccccc6)cc5)c5ccc6c(c5)C(C)(C)c5ccccc5-6)cc43)cc2)cc1)c1ccc2c(c1)CC2. The predicted octanol–water partition coefficient (Wildman–Crippen LogP) is 19.7. The molecule has 3 unspecified atom stereocenters. The van der Waals surface area contributed by atoms with E-state index in [1.165, 1.54) is 107 Å². The van der Waals surface area contributed by atoms with Gasteiger partial charge >= 0.3 is 0 Å². The van der Waals surface area contributed by atoms with Crippen LogP contribution in [0.15, 0.2) is 224 Å². The molecular formula is C74H65NO. The molecule has 0 fully saturated rings. The van der Waals surface area contributed by atoms with E-state index in [0.29, 0.717) is 11.8 Å². The number of benzene rings is 10. The lowest BCUT2D eigenvalue weighted by Gasteiger charge is -2.35. The van der Waals surface area contributed by atoms with Crippen molar-refractivity contribution in [1.82, 2.24) is 0 Å². The van der Waals surface area contributed by atoms with Gasteiger partial charge in [-0.2, -0.15) is 0 Å². The van der Waals surface area contributed by atoms with Gasteiger partial charge in [-0.1, -0.05) is 203 Å². The summed E-state index contributed by atoms with van der Waals surface area (Å²) in [6.45, 7) is 13.9. The van der Waals surface area contributed by atoms with Crippen LogP contribution in [-0.4, -0.2) is 0 Å². The van der Waals surface area contributed by atoms with Crippen LogP contribution in [0.3, 0.4) is 0 Å². The molecule has 10 aromatic carbocycles. The lowest BCUT2D eigenvalue weighted by molar-refractivity contribution is 0.481. The van der Waals surface area contributed by atoms with Gasteiger partial charge in [0.15, 0.2) is 0 Å². The minimum Gasteiger partial charge on any atom is -0.457 e. The second-order valence-corrected chi connectivity index (χ2v) is 22.5. The molecule has 0 N–H and O–H groups in total. The van der Waals surface area contributed by atoms with E-state index in [-0.39, 0.29) is 5.41 Å². The normalized spacial score (nSPS) is 16.1. The van der Waals surface area contributed by atoms with Gasteiger partial charge in [0, 0.05) is 22.5 Å². The Kier molecular flexibility index (Phi) is 11.8. The number of hydrogen-bond donors (Lipinski definition) is 0. The predicted molar refractivity (Wildman–Crippen MR) is 317 cm³/mol. The van der Waals surface area contributed by atoms with Gasteiger partial charge in [0.1, 0.15) is 11.5 Å². The molecule has 3 aliphatic rings. The molecule has 2 heteroatoms. The smallest absolute Gasteiger partial charge is 0.127 e. The maximum atomic E-state index is 6.69. The van der Waals surface area contributed by atoms with Crippen LogP contribution in [0, 0.1) is 13.8 Å². The Morgan fingerprint density at radius 1 is 0.447 bits per heavy atom. The van der Waals surface area contributed by atoms with Crippen molar-refractivity contribution in [2.45, 2.75) is 89.9 Å². The zero-order valence-electron chi connectivity index (χ0n) is 44.7. The second-order valence-electron chi connectivity index (χ2n) is 22.5. The van der Waals surface area contributed by atoms with Crippen molar-refractivity contribution in [3.05, 3.63) is 291 Å². The fourth-order valence-corrected chi connectivity index (χ4v) is 13.4. The van der Waals surface area contributed by atoms with Crippen LogP contribution in [0.4, 0.5) is 17.1 Å². The zero-order chi connectivity index (χ0) is 51.7. The van der Waals surface area contributed by atoms with Crippen LogP contribution in [0.1, 0.15) is 119 Å². The fraction of sp³-hybridized carbons (Fsp3) is 0.189. The average molecular weight is 984 g/mol. The third-order valence-electron chi connectivity index (χ3n) is 17.5. The number of hydrogen-bond acceptors (Lipinski definition) is 2. The Bertz CT molecular complexity index is 3790. The van der Waals surface area contributed by atoms with Crippen molar-refractivity contribution >= 4 is 17.1 Å². The number of aryl methyl sites for hydroxylation is 4. The number of fused-ring (bicyclic) bond motifs is 7. The topological polar surface area (TPSA) is 12.5 Å². The highest BCUT2D eigenvalue weighted by molar-refractivity contribution is 5.91. The largest absolute Gasteiger partial charge is 0.457 e. The average Bonchev–Trinajstić information content (AvgIpc) is 3.86. The van der Waals surface area contributed by atoms with Crippen molar-refractivity contribution in [2.24, 2.45) is 0 Å². The molecule has 0 amide bonds. The summed E-state index contributed by atoms with van der Waals surface area (Å²) in [4.78, 5) is 2.47. The van der Waals surface area contributed by atoms with Gasteiger partial charge in [-0.15, -0.1) is 0 Å². The maximum absolute atomic E-state index is 6.69. The van der Waals surface area contributed by atoms with E-state index >= 15 is 0 Å². The molecule has 0 radical (unpaired) electrons. The molecule has 0 aromatic heterocycles. The first-order chi connectivity index (χ1) is 37.1. The first-order valence-electron chi connectivity index (χ1n) is 27.6. The van der Waals surface area contributed by atoms with E-state index in [9.17, 15) is 0 Å². The van der Waals surface area contributed by atoms with Crippen molar-refractivity contribution in [2.75, 3.05) is 4.90 Å². The summed E-state index contributed by atoms with van der Waals surface area (Å²) in [7, 11) is 0. The molecule has 10 aromatic rings. The number of ether oxygens (including phenoxy) is 1. The highest BCUT2D eigenvalue weighted by Gasteiger charge is 2.47. The highest BCUT2D eigenvalue weighted by atomic mass is 16.5. The van der Waals surface area contributed by atoms with Crippen LogP contribution in [0.2, 0.25) is 0 Å². The molecule has 372 valence electrons. The van der Waals surface area contributed by atoms with Gasteiger partial charge in [-0.05, 0) is 201 Å². The molecule has 13 rings (SSSR count). The number of rotatable bonds is 13. The summed E-state index contributed by atoms with van der Waals surface area (Å²) >= 11 is 0. The molecule has 3 atom stereocenters. The Morgan fingerprint density at radius 3 is 1.63 bits per heavy atom. The van der Waals surface area contributed by atoms with Gasteiger partial charge in [0.05, 0.1) is 5.41 Å². The van der Waals surface area contributed by atoms with Crippen LogP contribution >= 0.6 is 0 Å². The molecule has 76 heavy (non-hydrogen) atoms. The second kappa shape index (κ2) is 18.9. The Hall–Kier alpha value is -8.20. The van der Waals surface area contributed by atoms with Crippen LogP contribution in [0.5, 0.6) is 11.5 Å². The van der Waals surface area contributed by atoms with Crippen LogP contribution < -0.4 is 9.64 Å². The Labute approximate surface area is 450 Å². The van der Waals surface area contributed by atoms with E-state index in [2.05, 4.69) is 271 Å². The zero-order valence-corrected chi connectivity index (χ0v) is 44.7. The standard InChI is InChI=1S/C74H65NO/c1-7-51(56-23-21-55-22-24-57(55)45-56)44-50(4)52-27-35-63(36-28-52)76-64-37-29-58(30-38-64)74(59-42-48(2)41-49(3)43-59)70-20-14-12-18-66(70)68-40-34-62(47-72(68)74)75(60-31-25-54(26-32-60)53-15-9-8-10-16-53)61-33-39-67-65-17-11-13-19-69(65)73(5,6)71(67)46-61/h8-21,23,25-43,45-47,50-51H,7,22,24,44H2,1-6H3. The molecule has 3 aliphatic carbocycles. The number of nitrogens with zero attached hydrogens (tertiary/aromatic N) is 1.